The number of amides is 3. The fraction of sp³-hybridized carbons (Fsp3) is 0.487. The number of cyclic esters (lactones) is 1. The third-order valence-electron chi connectivity index (χ3n) is 10.4. The van der Waals surface area contributed by atoms with Gasteiger partial charge in [-0.15, -0.1) is 0 Å². The van der Waals surface area contributed by atoms with Crippen molar-refractivity contribution in [1.82, 2.24) is 10.2 Å². The standard InChI is InChI=1S/C39H48N4O8/c1-4-41(5-2)27-17-19-28(20-18-27)42-22-11-21-39-33(36(46)43(23-12-24-44)35(39)37(42)47)32-30(51-39)15-9-10-16-31(45)40-29(25-49-3)34(50-38(32)48)26-13-7-6-8-14-26/h6-9,11,13-15,17-21,29-30,32-35,44H,4-5,10,12,16,22-25H2,1-3H3,(H,40,45)/b15-9-/t29-,30-,32+,33+,34-,35-,39+/m1/s1. The van der Waals surface area contributed by atoms with E-state index in [4.69, 9.17) is 14.2 Å². The molecule has 51 heavy (non-hydrogen) atoms. The van der Waals surface area contributed by atoms with Crippen LogP contribution in [0.25, 0.3) is 0 Å². The first-order valence-electron chi connectivity index (χ1n) is 17.9. The van der Waals surface area contributed by atoms with Crippen LogP contribution < -0.4 is 15.1 Å². The maximum Gasteiger partial charge on any atom is 0.313 e. The molecule has 12 heteroatoms. The number of aliphatic hydroxyl groups excluding tert-OH is 1. The molecule has 12 nitrogen and oxygen atoms in total. The Bertz CT molecular complexity index is 1630. The fourth-order valence-electron chi connectivity index (χ4n) is 8.03. The predicted molar refractivity (Wildman–Crippen MR) is 191 cm³/mol. The van der Waals surface area contributed by atoms with Gasteiger partial charge in [-0.1, -0.05) is 54.6 Å². The van der Waals surface area contributed by atoms with E-state index in [1.54, 1.807) is 23.1 Å². The van der Waals surface area contributed by atoms with Crippen LogP contribution in [-0.4, -0.2) is 104 Å². The highest BCUT2D eigenvalue weighted by Gasteiger charge is 2.71. The third-order valence-corrected chi connectivity index (χ3v) is 10.4. The Morgan fingerprint density at radius 3 is 2.43 bits per heavy atom. The van der Waals surface area contributed by atoms with Gasteiger partial charge in [0.25, 0.3) is 5.91 Å². The lowest BCUT2D eigenvalue weighted by molar-refractivity contribution is -0.162. The summed E-state index contributed by atoms with van der Waals surface area (Å²) in [7, 11) is 1.51. The molecule has 1 spiro atoms. The van der Waals surface area contributed by atoms with E-state index in [0.29, 0.717) is 17.7 Å². The molecule has 0 aliphatic carbocycles. The summed E-state index contributed by atoms with van der Waals surface area (Å²) in [6.07, 6.45) is 6.05. The maximum atomic E-state index is 14.8. The number of fused-ring (bicyclic) bond motifs is 2. The molecule has 2 saturated heterocycles. The molecular weight excluding hydrogens is 652 g/mol. The molecule has 0 bridgehead atoms. The molecule has 3 amide bonds. The number of hydrogen-bond acceptors (Lipinski definition) is 9. The molecule has 6 rings (SSSR count). The minimum atomic E-state index is -1.49. The first-order chi connectivity index (χ1) is 24.8. The summed E-state index contributed by atoms with van der Waals surface area (Å²) in [6, 6.07) is 15.1. The van der Waals surface area contributed by atoms with Crippen molar-refractivity contribution < 1.29 is 38.5 Å². The second-order valence-electron chi connectivity index (χ2n) is 13.4. The van der Waals surface area contributed by atoms with E-state index in [0.717, 1.165) is 18.8 Å². The molecule has 272 valence electrons. The SMILES string of the molecule is CCN(CC)c1ccc(N2CC=C[C@]34O[C@@H]5/C=C\CCC(=O)N[C@H](COC)[C@@H](c6ccccc6)OC(=O)[C@@H]5[C@H]3C(=O)N(CCCO)[C@@H]4C2=O)cc1. The van der Waals surface area contributed by atoms with Gasteiger partial charge in [0.05, 0.1) is 24.7 Å². The molecule has 4 heterocycles. The van der Waals surface area contributed by atoms with Crippen LogP contribution in [0.1, 0.15) is 44.8 Å². The van der Waals surface area contributed by atoms with Gasteiger partial charge in [-0.25, -0.2) is 0 Å². The topological polar surface area (TPSA) is 138 Å². The number of aliphatic hydroxyl groups is 1. The van der Waals surface area contributed by atoms with E-state index in [2.05, 4.69) is 24.1 Å². The summed E-state index contributed by atoms with van der Waals surface area (Å²) in [6.45, 7) is 6.10. The normalized spacial score (nSPS) is 30.0. The van der Waals surface area contributed by atoms with Crippen LogP contribution in [0.15, 0.2) is 78.9 Å². The molecule has 0 saturated carbocycles. The molecular formula is C39H48N4O8. The Morgan fingerprint density at radius 2 is 1.75 bits per heavy atom. The number of rotatable bonds is 10. The molecule has 2 aromatic carbocycles. The Balaban J connectivity index is 1.41. The minimum Gasteiger partial charge on any atom is -0.455 e. The number of nitrogens with one attached hydrogen (secondary N) is 1. The molecule has 2 N–H and O–H groups in total. The summed E-state index contributed by atoms with van der Waals surface area (Å²) in [4.78, 5) is 62.3. The summed E-state index contributed by atoms with van der Waals surface area (Å²) >= 11 is 0. The first-order valence-corrected chi connectivity index (χ1v) is 17.9. The van der Waals surface area contributed by atoms with Gasteiger partial charge in [-0.05, 0) is 56.5 Å². The van der Waals surface area contributed by atoms with Gasteiger partial charge in [-0.2, -0.15) is 0 Å². The largest absolute Gasteiger partial charge is 0.455 e. The van der Waals surface area contributed by atoms with E-state index >= 15 is 0 Å². The molecule has 2 fully saturated rings. The summed E-state index contributed by atoms with van der Waals surface area (Å²) < 4.78 is 18.6. The average Bonchev–Trinajstić information content (AvgIpc) is 3.52. The number of methoxy groups -OCH3 is 1. The zero-order valence-electron chi connectivity index (χ0n) is 29.5. The van der Waals surface area contributed by atoms with E-state index in [1.165, 1.54) is 12.0 Å². The van der Waals surface area contributed by atoms with Crippen LogP contribution >= 0.6 is 0 Å². The third kappa shape index (κ3) is 6.92. The number of carbonyl (C=O) groups excluding carboxylic acids is 4. The van der Waals surface area contributed by atoms with Gasteiger partial charge >= 0.3 is 5.97 Å². The van der Waals surface area contributed by atoms with Gasteiger partial charge in [0, 0.05) is 57.7 Å². The van der Waals surface area contributed by atoms with Crippen molar-refractivity contribution in [2.75, 3.05) is 56.3 Å². The number of anilines is 2. The van der Waals surface area contributed by atoms with Crippen molar-refractivity contribution in [1.29, 1.82) is 0 Å². The van der Waals surface area contributed by atoms with Crippen LogP contribution in [-0.2, 0) is 33.4 Å². The van der Waals surface area contributed by atoms with Gasteiger partial charge in [0.1, 0.15) is 23.7 Å². The number of ether oxygens (including phenoxy) is 3. The monoisotopic (exact) mass is 700 g/mol. The second-order valence-corrected chi connectivity index (χ2v) is 13.4. The number of carbonyl (C=O) groups is 4. The number of esters is 1. The number of hydrogen-bond donors (Lipinski definition) is 2. The summed E-state index contributed by atoms with van der Waals surface area (Å²) in [5.41, 5.74) is 0.877. The Morgan fingerprint density at radius 1 is 1.00 bits per heavy atom. The molecule has 2 aromatic rings. The van der Waals surface area contributed by atoms with Crippen molar-refractivity contribution in [2.24, 2.45) is 11.8 Å². The van der Waals surface area contributed by atoms with Crippen molar-refractivity contribution in [2.45, 2.75) is 63.0 Å². The molecule has 0 unspecified atom stereocenters. The fourth-order valence-corrected chi connectivity index (χ4v) is 8.03. The smallest absolute Gasteiger partial charge is 0.313 e. The van der Waals surface area contributed by atoms with Crippen molar-refractivity contribution in [3.05, 3.63) is 84.5 Å². The van der Waals surface area contributed by atoms with E-state index in [-0.39, 0.29) is 51.0 Å². The number of allylic oxidation sites excluding steroid dienone is 1. The highest BCUT2D eigenvalue weighted by Crippen LogP contribution is 2.53. The molecule has 7 atom stereocenters. The van der Waals surface area contributed by atoms with Crippen molar-refractivity contribution in [3.8, 4) is 0 Å². The van der Waals surface area contributed by atoms with Crippen LogP contribution in [0, 0.1) is 11.8 Å². The maximum absolute atomic E-state index is 14.8. The van der Waals surface area contributed by atoms with Crippen LogP contribution in [0.2, 0.25) is 0 Å². The van der Waals surface area contributed by atoms with Gasteiger partial charge in [-0.3, -0.25) is 19.2 Å². The van der Waals surface area contributed by atoms with E-state index in [1.807, 2.05) is 60.7 Å². The zero-order chi connectivity index (χ0) is 36.1. The van der Waals surface area contributed by atoms with Crippen LogP contribution in [0.4, 0.5) is 11.4 Å². The number of benzene rings is 2. The van der Waals surface area contributed by atoms with E-state index < -0.39 is 53.6 Å². The zero-order valence-corrected chi connectivity index (χ0v) is 29.5. The first kappa shape index (κ1) is 36.3. The van der Waals surface area contributed by atoms with Gasteiger partial charge in [0.15, 0.2) is 0 Å². The second kappa shape index (κ2) is 15.8. The number of nitrogens with zero attached hydrogens (tertiary/aromatic N) is 3. The number of likely N-dealkylation sites (tertiary alicyclic amines) is 1. The summed E-state index contributed by atoms with van der Waals surface area (Å²) in [5.74, 6) is -3.83. The summed E-state index contributed by atoms with van der Waals surface area (Å²) in [5, 5.41) is 12.8. The van der Waals surface area contributed by atoms with Gasteiger partial charge < -0.3 is 39.3 Å². The van der Waals surface area contributed by atoms with Crippen molar-refractivity contribution >= 4 is 35.1 Å². The predicted octanol–water partition coefficient (Wildman–Crippen LogP) is 3.16. The minimum absolute atomic E-state index is 0.0747. The molecule has 0 radical (unpaired) electrons. The van der Waals surface area contributed by atoms with Crippen LogP contribution in [0.5, 0.6) is 0 Å². The lowest BCUT2D eigenvalue weighted by Gasteiger charge is -2.35. The lowest BCUT2D eigenvalue weighted by Crippen LogP contribution is -2.55. The van der Waals surface area contributed by atoms with E-state index in [9.17, 15) is 24.3 Å². The quantitative estimate of drug-likeness (QED) is 0.283. The highest BCUT2D eigenvalue weighted by atomic mass is 16.6. The molecule has 0 aromatic heterocycles. The van der Waals surface area contributed by atoms with Crippen molar-refractivity contribution in [3.63, 3.8) is 0 Å². The van der Waals surface area contributed by atoms with Gasteiger partial charge in [0.2, 0.25) is 11.8 Å². The van der Waals surface area contributed by atoms with Crippen LogP contribution in [0.3, 0.4) is 0 Å². The Hall–Kier alpha value is -4.52. The molecule has 4 aliphatic heterocycles. The Labute approximate surface area is 299 Å². The average molecular weight is 701 g/mol. The highest BCUT2D eigenvalue weighted by molar-refractivity contribution is 6.05. The lowest BCUT2D eigenvalue weighted by atomic mass is 9.77. The Kier molecular flexibility index (Phi) is 11.2. The molecule has 4 aliphatic rings.